The number of carbonyl (C=O) groups excluding carboxylic acids is 2. The first-order valence-electron chi connectivity index (χ1n) is 9.66. The van der Waals surface area contributed by atoms with E-state index in [9.17, 15) is 9.59 Å². The summed E-state index contributed by atoms with van der Waals surface area (Å²) in [5.41, 5.74) is 0.999. The van der Waals surface area contributed by atoms with Crippen molar-refractivity contribution in [2.24, 2.45) is 0 Å². The first-order chi connectivity index (χ1) is 13.6. The van der Waals surface area contributed by atoms with E-state index in [0.717, 1.165) is 19.4 Å². The van der Waals surface area contributed by atoms with Gasteiger partial charge < -0.3 is 15.4 Å². The maximum atomic E-state index is 12.5. The van der Waals surface area contributed by atoms with E-state index < -0.39 is 5.97 Å². The average molecular weight is 400 g/mol. The normalized spacial score (nSPS) is 24.0. The highest BCUT2D eigenvalue weighted by atomic mass is 32.1. The van der Waals surface area contributed by atoms with Crippen LogP contribution in [0.5, 0.6) is 0 Å². The van der Waals surface area contributed by atoms with Gasteiger partial charge in [0.15, 0.2) is 0 Å². The van der Waals surface area contributed by atoms with Gasteiger partial charge in [0.25, 0.3) is 0 Å². The predicted octanol–water partition coefficient (Wildman–Crippen LogP) is 3.85. The lowest BCUT2D eigenvalue weighted by Crippen LogP contribution is -2.50. The minimum Gasteiger partial charge on any atom is -0.465 e. The lowest BCUT2D eigenvalue weighted by atomic mass is 9.97. The monoisotopic (exact) mass is 399 g/mol. The number of anilines is 1. The Kier molecular flexibility index (Phi) is 5.64. The number of carbonyl (C=O) groups is 2. The van der Waals surface area contributed by atoms with Crippen LogP contribution in [-0.4, -0.2) is 42.1 Å². The zero-order valence-corrected chi connectivity index (χ0v) is 16.7. The molecule has 2 aliphatic rings. The molecule has 3 atom stereocenters. The molecule has 7 heteroatoms. The number of hydrogen-bond donors (Lipinski definition) is 2. The summed E-state index contributed by atoms with van der Waals surface area (Å²) in [5, 5.41) is 8.09. The van der Waals surface area contributed by atoms with Crippen LogP contribution in [0.1, 0.15) is 40.9 Å². The second-order valence-corrected chi connectivity index (χ2v) is 8.51. The molecule has 2 N–H and O–H groups in total. The van der Waals surface area contributed by atoms with Gasteiger partial charge in [0.05, 0.1) is 12.7 Å². The van der Waals surface area contributed by atoms with E-state index >= 15 is 0 Å². The van der Waals surface area contributed by atoms with Crippen LogP contribution in [-0.2, 0) is 11.3 Å². The van der Waals surface area contributed by atoms with Gasteiger partial charge >= 0.3 is 12.0 Å². The second kappa shape index (κ2) is 8.32. The summed E-state index contributed by atoms with van der Waals surface area (Å²) in [6.07, 6.45) is 4.38. The van der Waals surface area contributed by atoms with Crippen LogP contribution < -0.4 is 10.6 Å². The highest BCUT2D eigenvalue weighted by Gasteiger charge is 2.41. The van der Waals surface area contributed by atoms with E-state index in [2.05, 4.69) is 33.0 Å². The SMILES string of the molecule is COC(=O)c1cccc(NC(=O)NC2C[C@H]3CC[C@@H](C2)N3Cc2cccs2)c1. The fourth-order valence-electron chi connectivity index (χ4n) is 4.43. The number of amides is 2. The van der Waals surface area contributed by atoms with Gasteiger partial charge in [0.2, 0.25) is 0 Å². The molecule has 28 heavy (non-hydrogen) atoms. The maximum Gasteiger partial charge on any atom is 0.337 e. The molecule has 0 radical (unpaired) electrons. The number of ether oxygens (including phenoxy) is 1. The Bertz CT molecular complexity index is 825. The van der Waals surface area contributed by atoms with Crippen LogP contribution in [0, 0.1) is 0 Å². The summed E-state index contributed by atoms with van der Waals surface area (Å²) in [6.45, 7) is 1.02. The minimum atomic E-state index is -0.418. The van der Waals surface area contributed by atoms with Crippen molar-refractivity contribution in [1.82, 2.24) is 10.2 Å². The molecule has 2 amide bonds. The highest BCUT2D eigenvalue weighted by Crippen LogP contribution is 2.37. The zero-order valence-electron chi connectivity index (χ0n) is 15.9. The molecule has 2 bridgehead atoms. The molecule has 0 spiro atoms. The Morgan fingerprint density at radius 1 is 1.18 bits per heavy atom. The Morgan fingerprint density at radius 3 is 2.64 bits per heavy atom. The smallest absolute Gasteiger partial charge is 0.337 e. The van der Waals surface area contributed by atoms with Gasteiger partial charge in [0.1, 0.15) is 0 Å². The van der Waals surface area contributed by atoms with Gasteiger partial charge in [-0.3, -0.25) is 4.90 Å². The van der Waals surface area contributed by atoms with Crippen molar-refractivity contribution in [3.8, 4) is 0 Å². The van der Waals surface area contributed by atoms with Crippen LogP contribution in [0.4, 0.5) is 10.5 Å². The molecule has 1 aromatic carbocycles. The molecule has 2 fully saturated rings. The van der Waals surface area contributed by atoms with Crippen LogP contribution in [0.3, 0.4) is 0 Å². The summed E-state index contributed by atoms with van der Waals surface area (Å²) in [6, 6.07) is 12.1. The molecule has 1 unspecified atom stereocenters. The summed E-state index contributed by atoms with van der Waals surface area (Å²) in [4.78, 5) is 28.1. The summed E-state index contributed by atoms with van der Waals surface area (Å²) in [7, 11) is 1.34. The van der Waals surface area contributed by atoms with Crippen molar-refractivity contribution in [2.45, 2.75) is 50.4 Å². The van der Waals surface area contributed by atoms with E-state index in [1.807, 2.05) is 11.3 Å². The number of nitrogens with one attached hydrogen (secondary N) is 2. The number of thiophene rings is 1. The first-order valence-corrected chi connectivity index (χ1v) is 10.5. The Morgan fingerprint density at radius 2 is 1.96 bits per heavy atom. The van der Waals surface area contributed by atoms with E-state index in [4.69, 9.17) is 4.74 Å². The number of urea groups is 1. The number of piperidine rings is 1. The third-order valence-corrected chi connectivity index (χ3v) is 6.54. The van der Waals surface area contributed by atoms with Gasteiger partial charge in [-0.1, -0.05) is 12.1 Å². The number of benzene rings is 1. The van der Waals surface area contributed by atoms with Crippen molar-refractivity contribution in [2.75, 3.05) is 12.4 Å². The molecular formula is C21H25N3O3S. The number of fused-ring (bicyclic) bond motifs is 2. The highest BCUT2D eigenvalue weighted by molar-refractivity contribution is 7.09. The van der Waals surface area contributed by atoms with Crippen molar-refractivity contribution >= 4 is 29.0 Å². The summed E-state index contributed by atoms with van der Waals surface area (Å²) < 4.78 is 4.72. The molecule has 148 valence electrons. The summed E-state index contributed by atoms with van der Waals surface area (Å²) in [5.74, 6) is -0.418. The number of hydrogen-bond acceptors (Lipinski definition) is 5. The molecule has 2 aliphatic heterocycles. The van der Waals surface area contributed by atoms with Crippen molar-refractivity contribution in [3.05, 3.63) is 52.2 Å². The quantitative estimate of drug-likeness (QED) is 0.749. The van der Waals surface area contributed by atoms with Crippen LogP contribution >= 0.6 is 11.3 Å². The van der Waals surface area contributed by atoms with Gasteiger partial charge in [0, 0.05) is 35.2 Å². The number of esters is 1. The molecule has 6 nitrogen and oxygen atoms in total. The van der Waals surface area contributed by atoms with Crippen molar-refractivity contribution < 1.29 is 14.3 Å². The number of rotatable bonds is 5. The van der Waals surface area contributed by atoms with Gasteiger partial charge in [-0.05, 0) is 55.3 Å². The van der Waals surface area contributed by atoms with Gasteiger partial charge in [-0.2, -0.15) is 0 Å². The molecule has 3 heterocycles. The fraction of sp³-hybridized carbons (Fsp3) is 0.429. The lowest BCUT2D eigenvalue weighted by molar-refractivity contribution is 0.0600. The molecule has 4 rings (SSSR count). The zero-order chi connectivity index (χ0) is 19.5. The third kappa shape index (κ3) is 4.20. The van der Waals surface area contributed by atoms with Crippen LogP contribution in [0.15, 0.2) is 41.8 Å². The Balaban J connectivity index is 1.32. The average Bonchev–Trinajstić information content (AvgIpc) is 3.28. The fourth-order valence-corrected chi connectivity index (χ4v) is 5.14. The molecule has 0 aliphatic carbocycles. The maximum absolute atomic E-state index is 12.5. The minimum absolute atomic E-state index is 0.181. The molecule has 0 saturated carbocycles. The van der Waals surface area contributed by atoms with Crippen molar-refractivity contribution in [3.63, 3.8) is 0 Å². The van der Waals surface area contributed by atoms with E-state index in [1.54, 1.807) is 24.3 Å². The second-order valence-electron chi connectivity index (χ2n) is 7.48. The lowest BCUT2D eigenvalue weighted by Gasteiger charge is -2.39. The largest absolute Gasteiger partial charge is 0.465 e. The van der Waals surface area contributed by atoms with E-state index in [1.165, 1.54) is 24.8 Å². The van der Waals surface area contributed by atoms with Crippen molar-refractivity contribution in [1.29, 1.82) is 0 Å². The molecule has 2 saturated heterocycles. The Labute approximate surface area is 168 Å². The molecular weight excluding hydrogens is 374 g/mol. The third-order valence-electron chi connectivity index (χ3n) is 5.68. The Hall–Kier alpha value is -2.38. The molecule has 1 aromatic heterocycles. The van der Waals surface area contributed by atoms with E-state index in [0.29, 0.717) is 23.3 Å². The number of methoxy groups -OCH3 is 1. The molecule has 2 aromatic rings. The van der Waals surface area contributed by atoms with Gasteiger partial charge in [-0.15, -0.1) is 11.3 Å². The topological polar surface area (TPSA) is 70.7 Å². The van der Waals surface area contributed by atoms with Gasteiger partial charge in [-0.25, -0.2) is 9.59 Å². The number of nitrogens with zero attached hydrogens (tertiary/aromatic N) is 1. The standard InChI is InChI=1S/C21H25N3O3S/c1-27-20(25)14-4-2-5-15(10-14)22-21(26)23-16-11-17-7-8-18(12-16)24(17)13-19-6-3-9-28-19/h2-6,9-10,16-18H,7-8,11-13H2,1H3,(H2,22,23,26)/t16?,17-,18+. The van der Waals surface area contributed by atoms with E-state index in [-0.39, 0.29) is 12.1 Å². The van der Waals surface area contributed by atoms with Crippen LogP contribution in [0.25, 0.3) is 0 Å². The first kappa shape index (κ1) is 19.0. The van der Waals surface area contributed by atoms with Crippen LogP contribution in [0.2, 0.25) is 0 Å². The predicted molar refractivity (Wildman–Crippen MR) is 110 cm³/mol. The summed E-state index contributed by atoms with van der Waals surface area (Å²) >= 11 is 1.81.